The fourth-order valence-electron chi connectivity index (χ4n) is 1.74. The van der Waals surface area contributed by atoms with Crippen LogP contribution in [0, 0.1) is 0 Å². The summed E-state index contributed by atoms with van der Waals surface area (Å²) in [5.41, 5.74) is 1.14. The van der Waals surface area contributed by atoms with E-state index in [2.05, 4.69) is 10.5 Å². The summed E-state index contributed by atoms with van der Waals surface area (Å²) in [5.74, 6) is 0.640. The zero-order valence-electron chi connectivity index (χ0n) is 12.3. The predicted octanol–water partition coefficient (Wildman–Crippen LogP) is 2.47. The van der Waals surface area contributed by atoms with Crippen LogP contribution in [0.4, 0.5) is 0 Å². The molecular weight excluding hydrogens is 300 g/mol. The van der Waals surface area contributed by atoms with E-state index in [4.69, 9.17) is 9.57 Å². The highest BCUT2D eigenvalue weighted by atomic mass is 32.1. The first-order valence-corrected chi connectivity index (χ1v) is 7.74. The molecule has 0 aliphatic rings. The number of oxime groups is 1. The minimum Gasteiger partial charge on any atom is -0.497 e. The molecule has 0 saturated carbocycles. The van der Waals surface area contributed by atoms with Crippen molar-refractivity contribution in [1.29, 1.82) is 0 Å². The van der Waals surface area contributed by atoms with Crippen molar-refractivity contribution in [1.82, 2.24) is 5.32 Å². The molecule has 0 aliphatic carbocycles. The molecule has 0 radical (unpaired) electrons. The number of rotatable bonds is 8. The standard InChI is InChI=1S/C16H18N2O3S/c1-20-14-6-4-13(5-7-14)8-9-17-16(19)12-21-18-11-15-3-2-10-22-15/h2-7,10-11H,8-9,12H2,1H3,(H,17,19)/b18-11+. The molecule has 0 aliphatic heterocycles. The molecule has 1 N–H and O–H groups in total. The lowest BCUT2D eigenvalue weighted by Crippen LogP contribution is -2.28. The third kappa shape index (κ3) is 5.57. The first-order valence-electron chi connectivity index (χ1n) is 6.86. The lowest BCUT2D eigenvalue weighted by atomic mass is 10.1. The minimum absolute atomic E-state index is 0.0789. The minimum atomic E-state index is -0.183. The number of nitrogens with one attached hydrogen (secondary N) is 1. The number of thiophene rings is 1. The molecule has 6 heteroatoms. The van der Waals surface area contributed by atoms with Crippen LogP contribution in [0.15, 0.2) is 46.9 Å². The van der Waals surface area contributed by atoms with E-state index < -0.39 is 0 Å². The van der Waals surface area contributed by atoms with Crippen molar-refractivity contribution in [2.75, 3.05) is 20.3 Å². The second kappa shape index (κ2) is 8.84. The normalized spacial score (nSPS) is 10.6. The first kappa shape index (κ1) is 16.0. The number of hydrogen-bond acceptors (Lipinski definition) is 5. The molecule has 0 atom stereocenters. The third-order valence-electron chi connectivity index (χ3n) is 2.89. The molecule has 116 valence electrons. The SMILES string of the molecule is COc1ccc(CCNC(=O)CO/N=C/c2cccs2)cc1. The van der Waals surface area contributed by atoms with Gasteiger partial charge in [-0.3, -0.25) is 4.79 Å². The molecule has 22 heavy (non-hydrogen) atoms. The Kier molecular flexibility index (Phi) is 6.44. The van der Waals surface area contributed by atoms with Crippen LogP contribution in [0.3, 0.4) is 0 Å². The van der Waals surface area contributed by atoms with Gasteiger partial charge < -0.3 is 14.9 Å². The number of hydrogen-bond donors (Lipinski definition) is 1. The van der Waals surface area contributed by atoms with E-state index in [-0.39, 0.29) is 12.5 Å². The number of ether oxygens (including phenoxy) is 1. The molecule has 0 spiro atoms. The maximum atomic E-state index is 11.6. The van der Waals surface area contributed by atoms with Crippen LogP contribution in [0.2, 0.25) is 0 Å². The topological polar surface area (TPSA) is 59.9 Å². The van der Waals surface area contributed by atoms with Crippen molar-refractivity contribution in [2.45, 2.75) is 6.42 Å². The Balaban J connectivity index is 1.61. The monoisotopic (exact) mass is 318 g/mol. The molecule has 0 fully saturated rings. The smallest absolute Gasteiger partial charge is 0.260 e. The van der Waals surface area contributed by atoms with Gasteiger partial charge in [0.2, 0.25) is 0 Å². The van der Waals surface area contributed by atoms with Gasteiger partial charge in [-0.15, -0.1) is 11.3 Å². The van der Waals surface area contributed by atoms with Gasteiger partial charge >= 0.3 is 0 Å². The summed E-state index contributed by atoms with van der Waals surface area (Å²) in [6.45, 7) is 0.480. The van der Waals surface area contributed by atoms with Crippen LogP contribution < -0.4 is 10.1 Å². The Morgan fingerprint density at radius 1 is 1.32 bits per heavy atom. The van der Waals surface area contributed by atoms with Crippen LogP contribution in [0.5, 0.6) is 5.75 Å². The van der Waals surface area contributed by atoms with Crippen molar-refractivity contribution >= 4 is 23.5 Å². The van der Waals surface area contributed by atoms with Crippen molar-refractivity contribution < 1.29 is 14.4 Å². The molecule has 0 bridgehead atoms. The molecule has 1 heterocycles. The highest BCUT2D eigenvalue weighted by Gasteiger charge is 2.01. The molecule has 0 saturated heterocycles. The van der Waals surface area contributed by atoms with Crippen LogP contribution in [-0.4, -0.2) is 32.4 Å². The summed E-state index contributed by atoms with van der Waals surface area (Å²) < 4.78 is 5.09. The number of carbonyl (C=O) groups excluding carboxylic acids is 1. The summed E-state index contributed by atoms with van der Waals surface area (Å²) in [7, 11) is 1.64. The van der Waals surface area contributed by atoms with E-state index in [1.165, 1.54) is 0 Å². The average Bonchev–Trinajstić information content (AvgIpc) is 3.06. The van der Waals surface area contributed by atoms with Gasteiger partial charge in [0.15, 0.2) is 6.61 Å². The van der Waals surface area contributed by atoms with Gasteiger partial charge in [0.1, 0.15) is 5.75 Å². The lowest BCUT2D eigenvalue weighted by Gasteiger charge is -2.05. The quantitative estimate of drug-likeness (QED) is 0.601. The molecule has 2 aromatic rings. The van der Waals surface area contributed by atoms with Crippen molar-refractivity contribution in [2.24, 2.45) is 5.16 Å². The van der Waals surface area contributed by atoms with Crippen LogP contribution >= 0.6 is 11.3 Å². The van der Waals surface area contributed by atoms with Crippen molar-refractivity contribution in [3.05, 3.63) is 52.2 Å². The molecule has 1 aromatic heterocycles. The second-order valence-corrected chi connectivity index (χ2v) is 5.45. The van der Waals surface area contributed by atoms with Gasteiger partial charge in [-0.1, -0.05) is 23.4 Å². The lowest BCUT2D eigenvalue weighted by molar-refractivity contribution is -0.125. The Morgan fingerprint density at radius 3 is 2.82 bits per heavy atom. The van der Waals surface area contributed by atoms with Crippen molar-refractivity contribution in [3.8, 4) is 5.75 Å². The Labute approximate surface area is 133 Å². The Bertz CT molecular complexity index is 594. The maximum Gasteiger partial charge on any atom is 0.260 e. The van der Waals surface area contributed by atoms with Crippen LogP contribution in [-0.2, 0) is 16.1 Å². The first-order chi connectivity index (χ1) is 10.8. The molecule has 1 aromatic carbocycles. The van der Waals surface area contributed by atoms with Gasteiger partial charge in [-0.2, -0.15) is 0 Å². The maximum absolute atomic E-state index is 11.6. The number of nitrogens with zero attached hydrogens (tertiary/aromatic N) is 1. The average molecular weight is 318 g/mol. The molecule has 0 unspecified atom stereocenters. The summed E-state index contributed by atoms with van der Waals surface area (Å²) >= 11 is 1.56. The molecule has 1 amide bonds. The van der Waals surface area contributed by atoms with Gasteiger partial charge in [0.05, 0.1) is 13.3 Å². The summed E-state index contributed by atoms with van der Waals surface area (Å²) in [5, 5.41) is 8.49. The predicted molar refractivity (Wildman–Crippen MR) is 87.6 cm³/mol. The number of amides is 1. The van der Waals surface area contributed by atoms with Gasteiger partial charge in [-0.05, 0) is 35.6 Å². The Morgan fingerprint density at radius 2 is 2.14 bits per heavy atom. The summed E-state index contributed by atoms with van der Waals surface area (Å²) in [6, 6.07) is 11.6. The molecule has 5 nitrogen and oxygen atoms in total. The summed E-state index contributed by atoms with van der Waals surface area (Å²) in [6.07, 6.45) is 2.35. The zero-order valence-corrected chi connectivity index (χ0v) is 13.1. The fraction of sp³-hybridized carbons (Fsp3) is 0.250. The van der Waals surface area contributed by atoms with Crippen LogP contribution in [0.1, 0.15) is 10.4 Å². The molecular formula is C16H18N2O3S. The second-order valence-electron chi connectivity index (χ2n) is 4.47. The van der Waals surface area contributed by atoms with Gasteiger partial charge in [0.25, 0.3) is 5.91 Å². The number of carbonyl (C=O) groups is 1. The van der Waals surface area contributed by atoms with E-state index in [1.807, 2.05) is 41.8 Å². The van der Waals surface area contributed by atoms with E-state index in [9.17, 15) is 4.79 Å². The Hall–Kier alpha value is -2.34. The van der Waals surface area contributed by atoms with Gasteiger partial charge in [-0.25, -0.2) is 0 Å². The highest BCUT2D eigenvalue weighted by molar-refractivity contribution is 7.11. The van der Waals surface area contributed by atoms with E-state index >= 15 is 0 Å². The van der Waals surface area contributed by atoms with E-state index in [0.717, 1.165) is 22.6 Å². The summed E-state index contributed by atoms with van der Waals surface area (Å²) in [4.78, 5) is 17.5. The van der Waals surface area contributed by atoms with Crippen molar-refractivity contribution in [3.63, 3.8) is 0 Å². The number of benzene rings is 1. The van der Waals surface area contributed by atoms with E-state index in [0.29, 0.717) is 6.54 Å². The van der Waals surface area contributed by atoms with Gasteiger partial charge in [0, 0.05) is 11.4 Å². The number of methoxy groups -OCH3 is 1. The van der Waals surface area contributed by atoms with Crippen LogP contribution in [0.25, 0.3) is 0 Å². The van der Waals surface area contributed by atoms with E-state index in [1.54, 1.807) is 24.7 Å². The third-order valence-corrected chi connectivity index (χ3v) is 3.70. The largest absolute Gasteiger partial charge is 0.497 e. The zero-order chi connectivity index (χ0) is 15.6. The molecule has 2 rings (SSSR count). The fourth-order valence-corrected chi connectivity index (χ4v) is 2.31. The highest BCUT2D eigenvalue weighted by Crippen LogP contribution is 2.11.